The predicted octanol–water partition coefficient (Wildman–Crippen LogP) is 2.35. The Morgan fingerprint density at radius 2 is 2.00 bits per heavy atom. The smallest absolute Gasteiger partial charge is 0.00302 e. The zero-order chi connectivity index (χ0) is 11.5. The summed E-state index contributed by atoms with van der Waals surface area (Å²) in [4.78, 5) is 2.62. The molecule has 0 aromatic rings. The van der Waals surface area contributed by atoms with Gasteiger partial charge in [-0.25, -0.2) is 0 Å². The highest BCUT2D eigenvalue weighted by Gasteiger charge is 2.25. The Morgan fingerprint density at radius 1 is 1.33 bits per heavy atom. The maximum atomic E-state index is 3.54. The summed E-state index contributed by atoms with van der Waals surface area (Å²) < 4.78 is 0. The summed E-state index contributed by atoms with van der Waals surface area (Å²) >= 11 is 0. The number of hydrogen-bond acceptors (Lipinski definition) is 2. The summed E-state index contributed by atoms with van der Waals surface area (Å²) in [5.41, 5.74) is 0.445. The molecule has 1 rings (SSSR count). The second kappa shape index (κ2) is 5.31. The van der Waals surface area contributed by atoms with Gasteiger partial charge in [-0.1, -0.05) is 34.6 Å². The van der Waals surface area contributed by atoms with Crippen molar-refractivity contribution in [3.63, 3.8) is 0 Å². The second-order valence-corrected chi connectivity index (χ2v) is 6.51. The van der Waals surface area contributed by atoms with Crippen molar-refractivity contribution in [3.05, 3.63) is 0 Å². The van der Waals surface area contributed by atoms with E-state index in [2.05, 4.69) is 44.8 Å². The van der Waals surface area contributed by atoms with Crippen LogP contribution in [0, 0.1) is 11.3 Å². The highest BCUT2D eigenvalue weighted by molar-refractivity contribution is 4.80. The van der Waals surface area contributed by atoms with E-state index in [1.165, 1.54) is 32.6 Å². The van der Waals surface area contributed by atoms with Crippen LogP contribution in [0.5, 0.6) is 0 Å². The SMILES string of the molecule is CC(C)NCC1CCN(CC(C)(C)C)C1. The van der Waals surface area contributed by atoms with Gasteiger partial charge in [0, 0.05) is 19.1 Å². The van der Waals surface area contributed by atoms with Crippen LogP contribution in [0.15, 0.2) is 0 Å². The molecule has 0 bridgehead atoms. The summed E-state index contributed by atoms with van der Waals surface area (Å²) in [6.07, 6.45) is 1.37. The van der Waals surface area contributed by atoms with Crippen LogP contribution in [0.3, 0.4) is 0 Å². The lowest BCUT2D eigenvalue weighted by Gasteiger charge is -2.26. The predicted molar refractivity (Wildman–Crippen MR) is 67.1 cm³/mol. The van der Waals surface area contributed by atoms with Gasteiger partial charge in [-0.3, -0.25) is 0 Å². The van der Waals surface area contributed by atoms with Crippen molar-refractivity contribution in [1.82, 2.24) is 10.2 Å². The molecule has 1 atom stereocenters. The molecule has 0 amide bonds. The third kappa shape index (κ3) is 5.53. The molecule has 1 heterocycles. The number of nitrogens with one attached hydrogen (secondary N) is 1. The lowest BCUT2D eigenvalue weighted by Crippen LogP contribution is -2.33. The van der Waals surface area contributed by atoms with Crippen LogP contribution in [-0.4, -0.2) is 37.1 Å². The summed E-state index contributed by atoms with van der Waals surface area (Å²) in [7, 11) is 0. The molecule has 2 heteroatoms. The molecular formula is C13H28N2. The molecule has 1 N–H and O–H groups in total. The van der Waals surface area contributed by atoms with Gasteiger partial charge in [-0.2, -0.15) is 0 Å². The van der Waals surface area contributed by atoms with Gasteiger partial charge in [0.2, 0.25) is 0 Å². The van der Waals surface area contributed by atoms with E-state index in [0.717, 1.165) is 5.92 Å². The molecule has 0 aliphatic carbocycles. The van der Waals surface area contributed by atoms with E-state index >= 15 is 0 Å². The van der Waals surface area contributed by atoms with E-state index in [-0.39, 0.29) is 0 Å². The minimum Gasteiger partial charge on any atom is -0.314 e. The molecule has 1 unspecified atom stereocenters. The molecule has 1 aliphatic heterocycles. The van der Waals surface area contributed by atoms with Crippen molar-refractivity contribution in [2.75, 3.05) is 26.2 Å². The average molecular weight is 212 g/mol. The zero-order valence-electron chi connectivity index (χ0n) is 11.1. The Hall–Kier alpha value is -0.0800. The number of rotatable bonds is 4. The first kappa shape index (κ1) is 13.0. The maximum Gasteiger partial charge on any atom is 0.00302 e. The first-order chi connectivity index (χ1) is 6.87. The Morgan fingerprint density at radius 3 is 2.53 bits per heavy atom. The lowest BCUT2D eigenvalue weighted by molar-refractivity contribution is 0.220. The Balaban J connectivity index is 2.21. The molecule has 90 valence electrons. The van der Waals surface area contributed by atoms with Gasteiger partial charge < -0.3 is 10.2 Å². The van der Waals surface area contributed by atoms with Gasteiger partial charge >= 0.3 is 0 Å². The van der Waals surface area contributed by atoms with Crippen LogP contribution in [0.2, 0.25) is 0 Å². The van der Waals surface area contributed by atoms with E-state index in [1.807, 2.05) is 0 Å². The highest BCUT2D eigenvalue weighted by atomic mass is 15.2. The fourth-order valence-corrected chi connectivity index (χ4v) is 2.30. The minimum atomic E-state index is 0.445. The van der Waals surface area contributed by atoms with Crippen molar-refractivity contribution in [3.8, 4) is 0 Å². The van der Waals surface area contributed by atoms with Crippen LogP contribution in [0.4, 0.5) is 0 Å². The van der Waals surface area contributed by atoms with E-state index in [0.29, 0.717) is 11.5 Å². The average Bonchev–Trinajstić information content (AvgIpc) is 2.45. The number of likely N-dealkylation sites (tertiary alicyclic amines) is 1. The first-order valence-electron chi connectivity index (χ1n) is 6.32. The lowest BCUT2D eigenvalue weighted by atomic mass is 9.96. The third-order valence-electron chi connectivity index (χ3n) is 2.88. The fourth-order valence-electron chi connectivity index (χ4n) is 2.30. The van der Waals surface area contributed by atoms with E-state index in [1.54, 1.807) is 0 Å². The molecule has 0 saturated carbocycles. The normalized spacial score (nSPS) is 24.0. The van der Waals surface area contributed by atoms with Crippen molar-refractivity contribution in [1.29, 1.82) is 0 Å². The van der Waals surface area contributed by atoms with Crippen LogP contribution in [-0.2, 0) is 0 Å². The van der Waals surface area contributed by atoms with Gasteiger partial charge in [0.05, 0.1) is 0 Å². The molecule has 0 aromatic heterocycles. The second-order valence-electron chi connectivity index (χ2n) is 6.51. The van der Waals surface area contributed by atoms with Crippen LogP contribution in [0.1, 0.15) is 41.0 Å². The first-order valence-corrected chi connectivity index (χ1v) is 6.32. The summed E-state index contributed by atoms with van der Waals surface area (Å²) in [6.45, 7) is 16.4. The molecule has 2 nitrogen and oxygen atoms in total. The summed E-state index contributed by atoms with van der Waals surface area (Å²) in [5, 5.41) is 3.54. The molecule has 0 radical (unpaired) electrons. The fraction of sp³-hybridized carbons (Fsp3) is 1.00. The van der Waals surface area contributed by atoms with Gasteiger partial charge in [0.25, 0.3) is 0 Å². The van der Waals surface area contributed by atoms with E-state index in [9.17, 15) is 0 Å². The maximum absolute atomic E-state index is 3.54. The van der Waals surface area contributed by atoms with Crippen molar-refractivity contribution >= 4 is 0 Å². The topological polar surface area (TPSA) is 15.3 Å². The van der Waals surface area contributed by atoms with Gasteiger partial charge in [0.15, 0.2) is 0 Å². The van der Waals surface area contributed by atoms with Crippen molar-refractivity contribution in [2.24, 2.45) is 11.3 Å². The highest BCUT2D eigenvalue weighted by Crippen LogP contribution is 2.21. The van der Waals surface area contributed by atoms with Gasteiger partial charge in [0.1, 0.15) is 0 Å². The van der Waals surface area contributed by atoms with E-state index < -0.39 is 0 Å². The molecule has 1 saturated heterocycles. The Bertz CT molecular complexity index is 181. The molecular weight excluding hydrogens is 184 g/mol. The van der Waals surface area contributed by atoms with Crippen molar-refractivity contribution < 1.29 is 0 Å². The number of nitrogens with zero attached hydrogens (tertiary/aromatic N) is 1. The summed E-state index contributed by atoms with van der Waals surface area (Å²) in [5.74, 6) is 0.870. The monoisotopic (exact) mass is 212 g/mol. The largest absolute Gasteiger partial charge is 0.314 e. The van der Waals surface area contributed by atoms with Crippen LogP contribution in [0.25, 0.3) is 0 Å². The van der Waals surface area contributed by atoms with Gasteiger partial charge in [-0.05, 0) is 30.8 Å². The molecule has 15 heavy (non-hydrogen) atoms. The van der Waals surface area contributed by atoms with Crippen LogP contribution < -0.4 is 5.32 Å². The molecule has 0 spiro atoms. The zero-order valence-corrected chi connectivity index (χ0v) is 11.1. The Labute approximate surface area is 95.4 Å². The Kier molecular flexibility index (Phi) is 4.60. The van der Waals surface area contributed by atoms with Crippen LogP contribution >= 0.6 is 0 Å². The summed E-state index contributed by atoms with van der Waals surface area (Å²) in [6, 6.07) is 0.627. The van der Waals surface area contributed by atoms with Gasteiger partial charge in [-0.15, -0.1) is 0 Å². The quantitative estimate of drug-likeness (QED) is 0.769. The minimum absolute atomic E-state index is 0.445. The van der Waals surface area contributed by atoms with Crippen molar-refractivity contribution in [2.45, 2.75) is 47.1 Å². The molecule has 1 fully saturated rings. The molecule has 0 aromatic carbocycles. The standard InChI is InChI=1S/C13H28N2/c1-11(2)14-8-12-6-7-15(9-12)10-13(3,4)5/h11-12,14H,6-10H2,1-5H3. The molecule has 1 aliphatic rings. The number of hydrogen-bond donors (Lipinski definition) is 1. The third-order valence-corrected chi connectivity index (χ3v) is 2.88. The van der Waals surface area contributed by atoms with E-state index in [4.69, 9.17) is 0 Å².